The third-order valence-corrected chi connectivity index (χ3v) is 6.94. The summed E-state index contributed by atoms with van der Waals surface area (Å²) >= 11 is 0. The van der Waals surface area contributed by atoms with E-state index in [2.05, 4.69) is 16.8 Å². The van der Waals surface area contributed by atoms with Crippen LogP contribution in [0.5, 0.6) is 0 Å². The number of carbonyl (C=O) groups is 2. The Hall–Kier alpha value is -2.77. The minimum absolute atomic E-state index is 0.0729. The van der Waals surface area contributed by atoms with Crippen LogP contribution in [0.25, 0.3) is 0 Å². The molecule has 0 saturated carbocycles. The van der Waals surface area contributed by atoms with Gasteiger partial charge in [0, 0.05) is 49.8 Å². The standard InChI is InChI=1S/C24H27N3O4/c1-17-18(2-3-20-21(17)16-30-22(20)28)6-11-26-12-7-24(8-13-26)23(29)27(14-15-31-24)19-4-9-25-10-5-19/h2-5,9-10H,6-8,11-16H2,1H3. The number of cyclic esters (lactones) is 1. The number of likely N-dealkylation sites (tertiary alicyclic amines) is 1. The number of esters is 1. The molecular formula is C24H27N3O4. The second-order valence-electron chi connectivity index (χ2n) is 8.55. The van der Waals surface area contributed by atoms with Crippen molar-refractivity contribution >= 4 is 17.6 Å². The highest BCUT2D eigenvalue weighted by atomic mass is 16.5. The van der Waals surface area contributed by atoms with Crippen LogP contribution in [0.1, 0.15) is 39.9 Å². The van der Waals surface area contributed by atoms with Gasteiger partial charge in [-0.25, -0.2) is 4.79 Å². The van der Waals surface area contributed by atoms with E-state index in [0.29, 0.717) is 38.2 Å². The highest BCUT2D eigenvalue weighted by Crippen LogP contribution is 2.33. The van der Waals surface area contributed by atoms with Crippen molar-refractivity contribution in [2.45, 2.75) is 38.4 Å². The molecule has 0 bridgehead atoms. The van der Waals surface area contributed by atoms with E-state index in [4.69, 9.17) is 9.47 Å². The fourth-order valence-corrected chi connectivity index (χ4v) is 4.96. The van der Waals surface area contributed by atoms with Crippen molar-refractivity contribution in [3.63, 3.8) is 0 Å². The molecule has 0 aliphatic carbocycles. The predicted molar refractivity (Wildman–Crippen MR) is 115 cm³/mol. The predicted octanol–water partition coefficient (Wildman–Crippen LogP) is 2.50. The molecule has 2 fully saturated rings. The van der Waals surface area contributed by atoms with E-state index in [1.165, 1.54) is 5.56 Å². The fraction of sp³-hybridized carbons (Fsp3) is 0.458. The van der Waals surface area contributed by atoms with Crippen molar-refractivity contribution in [1.82, 2.24) is 9.88 Å². The number of hydrogen-bond acceptors (Lipinski definition) is 6. The Labute approximate surface area is 182 Å². The van der Waals surface area contributed by atoms with Crippen LogP contribution in [-0.2, 0) is 27.3 Å². The number of aromatic nitrogens is 1. The third-order valence-electron chi connectivity index (χ3n) is 6.94. The number of morpholine rings is 1. The Morgan fingerprint density at radius 1 is 1.06 bits per heavy atom. The van der Waals surface area contributed by atoms with E-state index in [9.17, 15) is 9.59 Å². The molecule has 0 radical (unpaired) electrons. The van der Waals surface area contributed by atoms with E-state index in [1.807, 2.05) is 29.2 Å². The van der Waals surface area contributed by atoms with Crippen LogP contribution < -0.4 is 4.90 Å². The number of anilines is 1. The second-order valence-corrected chi connectivity index (χ2v) is 8.55. The van der Waals surface area contributed by atoms with Gasteiger partial charge in [-0.05, 0) is 55.5 Å². The first-order valence-electron chi connectivity index (χ1n) is 10.9. The highest BCUT2D eigenvalue weighted by Gasteiger charge is 2.47. The molecule has 0 N–H and O–H groups in total. The van der Waals surface area contributed by atoms with Gasteiger partial charge in [-0.3, -0.25) is 9.78 Å². The lowest BCUT2D eigenvalue weighted by molar-refractivity contribution is -0.157. The third kappa shape index (κ3) is 3.62. The molecule has 1 aromatic heterocycles. The van der Waals surface area contributed by atoms with Crippen LogP contribution in [0.15, 0.2) is 36.7 Å². The van der Waals surface area contributed by atoms with Crippen molar-refractivity contribution in [2.24, 2.45) is 0 Å². The molecule has 1 aromatic carbocycles. The zero-order valence-corrected chi connectivity index (χ0v) is 17.8. The number of piperidine rings is 1. The fourth-order valence-electron chi connectivity index (χ4n) is 4.96. The molecule has 7 nitrogen and oxygen atoms in total. The summed E-state index contributed by atoms with van der Waals surface area (Å²) in [4.78, 5) is 33.3. The first-order valence-corrected chi connectivity index (χ1v) is 10.9. The van der Waals surface area contributed by atoms with Gasteiger partial charge in [0.1, 0.15) is 12.2 Å². The van der Waals surface area contributed by atoms with Crippen LogP contribution in [-0.4, -0.2) is 60.1 Å². The van der Waals surface area contributed by atoms with Crippen molar-refractivity contribution in [3.8, 4) is 0 Å². The van der Waals surface area contributed by atoms with Crippen molar-refractivity contribution < 1.29 is 19.1 Å². The van der Waals surface area contributed by atoms with Crippen molar-refractivity contribution in [1.29, 1.82) is 0 Å². The zero-order valence-electron chi connectivity index (χ0n) is 17.8. The van der Waals surface area contributed by atoms with Gasteiger partial charge >= 0.3 is 5.97 Å². The van der Waals surface area contributed by atoms with Gasteiger partial charge in [0.05, 0.1) is 12.2 Å². The normalized spacial score (nSPS) is 20.7. The van der Waals surface area contributed by atoms with Crippen molar-refractivity contribution in [3.05, 3.63) is 58.9 Å². The summed E-state index contributed by atoms with van der Waals surface area (Å²) in [5.41, 5.74) is 4.32. The average molecular weight is 421 g/mol. The molecule has 4 heterocycles. The summed E-state index contributed by atoms with van der Waals surface area (Å²) < 4.78 is 11.2. The summed E-state index contributed by atoms with van der Waals surface area (Å²) in [5.74, 6) is -0.146. The summed E-state index contributed by atoms with van der Waals surface area (Å²) in [5, 5.41) is 0. The largest absolute Gasteiger partial charge is 0.457 e. The SMILES string of the molecule is Cc1c(CCN2CCC3(CC2)OCCN(c2ccncc2)C3=O)ccc2c1COC2=O. The Bertz CT molecular complexity index is 999. The number of hydrogen-bond donors (Lipinski definition) is 0. The van der Waals surface area contributed by atoms with E-state index in [1.54, 1.807) is 12.4 Å². The molecule has 3 aliphatic rings. The number of amides is 1. The first kappa shape index (κ1) is 20.2. The Kier molecular flexibility index (Phi) is 5.24. The minimum Gasteiger partial charge on any atom is -0.457 e. The molecule has 2 aromatic rings. The maximum absolute atomic E-state index is 13.3. The number of benzene rings is 1. The molecule has 162 valence electrons. The smallest absolute Gasteiger partial charge is 0.338 e. The molecule has 5 rings (SSSR count). The summed E-state index contributed by atoms with van der Waals surface area (Å²) in [6.45, 7) is 6.19. The van der Waals surface area contributed by atoms with Gasteiger partial charge in [0.2, 0.25) is 0 Å². The van der Waals surface area contributed by atoms with E-state index >= 15 is 0 Å². The monoisotopic (exact) mass is 421 g/mol. The summed E-state index contributed by atoms with van der Waals surface area (Å²) in [6.07, 6.45) is 5.77. The second kappa shape index (κ2) is 8.05. The average Bonchev–Trinajstić information content (AvgIpc) is 3.18. The first-order chi connectivity index (χ1) is 15.1. The van der Waals surface area contributed by atoms with E-state index in [-0.39, 0.29) is 11.9 Å². The van der Waals surface area contributed by atoms with Gasteiger partial charge < -0.3 is 19.3 Å². The van der Waals surface area contributed by atoms with Crippen LogP contribution in [0.2, 0.25) is 0 Å². The summed E-state index contributed by atoms with van der Waals surface area (Å²) in [7, 11) is 0. The molecule has 0 atom stereocenters. The molecule has 7 heteroatoms. The van der Waals surface area contributed by atoms with Crippen molar-refractivity contribution in [2.75, 3.05) is 37.7 Å². The van der Waals surface area contributed by atoms with Crippen LogP contribution in [0, 0.1) is 6.92 Å². The molecule has 3 aliphatic heterocycles. The topological polar surface area (TPSA) is 72.0 Å². The number of rotatable bonds is 4. The van der Waals surface area contributed by atoms with Gasteiger partial charge in [-0.15, -0.1) is 0 Å². The maximum atomic E-state index is 13.3. The molecule has 1 spiro atoms. The Morgan fingerprint density at radius 2 is 1.84 bits per heavy atom. The quantitative estimate of drug-likeness (QED) is 0.707. The number of fused-ring (bicyclic) bond motifs is 1. The zero-order chi connectivity index (χ0) is 21.4. The minimum atomic E-state index is -0.709. The van der Waals surface area contributed by atoms with Gasteiger partial charge in [0.15, 0.2) is 0 Å². The lowest BCUT2D eigenvalue weighted by atomic mass is 9.88. The number of nitrogens with zero attached hydrogens (tertiary/aromatic N) is 3. The highest BCUT2D eigenvalue weighted by molar-refractivity contribution is 6.00. The van der Waals surface area contributed by atoms with Gasteiger partial charge in [0.25, 0.3) is 5.91 Å². The molecule has 1 amide bonds. The number of ether oxygens (including phenoxy) is 2. The van der Waals surface area contributed by atoms with Crippen LogP contribution in [0.4, 0.5) is 5.69 Å². The number of carbonyl (C=O) groups excluding carboxylic acids is 2. The molecule has 2 saturated heterocycles. The lowest BCUT2D eigenvalue weighted by Crippen LogP contribution is -2.61. The lowest BCUT2D eigenvalue weighted by Gasteiger charge is -2.46. The number of pyridine rings is 1. The van der Waals surface area contributed by atoms with Crippen LogP contribution >= 0.6 is 0 Å². The van der Waals surface area contributed by atoms with Gasteiger partial charge in [-0.2, -0.15) is 0 Å². The van der Waals surface area contributed by atoms with Crippen LogP contribution in [0.3, 0.4) is 0 Å². The Balaban J connectivity index is 1.21. The molecule has 0 unspecified atom stereocenters. The Morgan fingerprint density at radius 3 is 2.61 bits per heavy atom. The molecular weight excluding hydrogens is 394 g/mol. The molecule has 31 heavy (non-hydrogen) atoms. The van der Waals surface area contributed by atoms with E-state index < -0.39 is 5.60 Å². The summed E-state index contributed by atoms with van der Waals surface area (Å²) in [6, 6.07) is 7.69. The van der Waals surface area contributed by atoms with E-state index in [0.717, 1.165) is 42.9 Å². The van der Waals surface area contributed by atoms with Gasteiger partial charge in [-0.1, -0.05) is 6.07 Å². The maximum Gasteiger partial charge on any atom is 0.338 e.